The van der Waals surface area contributed by atoms with Crippen molar-refractivity contribution in [3.63, 3.8) is 0 Å². The van der Waals surface area contributed by atoms with E-state index in [1.807, 2.05) is 0 Å². The van der Waals surface area contributed by atoms with Crippen LogP contribution in [0.3, 0.4) is 0 Å². The molecule has 0 bridgehead atoms. The number of halogens is 4. The number of pyridine rings is 1. The molecular weight excluding hydrogens is 328 g/mol. The number of fused-ring (bicyclic) bond motifs is 1. The van der Waals surface area contributed by atoms with Gasteiger partial charge in [0, 0.05) is 11.8 Å². The number of aromatic nitrogens is 1. The van der Waals surface area contributed by atoms with Crippen molar-refractivity contribution in [2.45, 2.75) is 19.2 Å². The summed E-state index contributed by atoms with van der Waals surface area (Å²) in [6, 6.07) is 5.37. The Kier molecular flexibility index (Phi) is 3.90. The number of alkyl halides is 3. The summed E-state index contributed by atoms with van der Waals surface area (Å²) in [6.07, 6.45) is -3.77. The van der Waals surface area contributed by atoms with Gasteiger partial charge >= 0.3 is 6.18 Å². The smallest absolute Gasteiger partial charge is 0.419 e. The number of amides is 1. The van der Waals surface area contributed by atoms with Crippen molar-refractivity contribution in [1.82, 2.24) is 4.98 Å². The van der Waals surface area contributed by atoms with Crippen molar-refractivity contribution < 1.29 is 27.1 Å². The molecular formula is C16H12F4N2O2. The van der Waals surface area contributed by atoms with Gasteiger partial charge in [0.2, 0.25) is 5.88 Å². The van der Waals surface area contributed by atoms with Gasteiger partial charge in [-0.05, 0) is 37.3 Å². The number of ether oxygens (including phenoxy) is 1. The van der Waals surface area contributed by atoms with Gasteiger partial charge in [0.15, 0.2) is 0 Å². The van der Waals surface area contributed by atoms with Crippen molar-refractivity contribution in [3.05, 3.63) is 53.5 Å². The standard InChI is InChI=1S/C16H12F4N2O2/c1-9-8-22(13-3-2-6-21-14(13)24-9)15(23)10-4-5-12(17)11(7-10)16(18,19)20/h2-7,9H,8H2,1H3. The minimum absolute atomic E-state index is 0.149. The van der Waals surface area contributed by atoms with E-state index in [9.17, 15) is 22.4 Å². The second-order valence-electron chi connectivity index (χ2n) is 5.36. The molecule has 3 rings (SSSR count). The third-order valence-electron chi connectivity index (χ3n) is 3.56. The zero-order valence-corrected chi connectivity index (χ0v) is 12.5. The summed E-state index contributed by atoms with van der Waals surface area (Å²) in [4.78, 5) is 17.9. The molecule has 0 spiro atoms. The number of carbonyl (C=O) groups excluding carboxylic acids is 1. The molecule has 24 heavy (non-hydrogen) atoms. The quantitative estimate of drug-likeness (QED) is 0.744. The number of anilines is 1. The zero-order chi connectivity index (χ0) is 17.5. The molecule has 1 aliphatic heterocycles. The van der Waals surface area contributed by atoms with Crippen LogP contribution in [0.1, 0.15) is 22.8 Å². The third kappa shape index (κ3) is 2.91. The summed E-state index contributed by atoms with van der Waals surface area (Å²) in [6.45, 7) is 1.86. The Balaban J connectivity index is 2.01. The highest BCUT2D eigenvalue weighted by Gasteiger charge is 2.36. The zero-order valence-electron chi connectivity index (χ0n) is 12.5. The highest BCUT2D eigenvalue weighted by Crippen LogP contribution is 2.34. The lowest BCUT2D eigenvalue weighted by Crippen LogP contribution is -2.42. The lowest BCUT2D eigenvalue weighted by Gasteiger charge is -2.32. The van der Waals surface area contributed by atoms with Crippen LogP contribution in [0.25, 0.3) is 0 Å². The molecule has 1 unspecified atom stereocenters. The topological polar surface area (TPSA) is 42.4 Å². The fraction of sp³-hybridized carbons (Fsp3) is 0.250. The van der Waals surface area contributed by atoms with Crippen molar-refractivity contribution in [2.75, 3.05) is 11.4 Å². The summed E-state index contributed by atoms with van der Waals surface area (Å²) in [7, 11) is 0. The number of carbonyl (C=O) groups is 1. The first-order valence-electron chi connectivity index (χ1n) is 7.07. The molecule has 0 N–H and O–H groups in total. The number of nitrogens with zero attached hydrogens (tertiary/aromatic N) is 2. The van der Waals surface area contributed by atoms with Crippen LogP contribution >= 0.6 is 0 Å². The van der Waals surface area contributed by atoms with Crippen molar-refractivity contribution in [3.8, 4) is 5.88 Å². The summed E-state index contributed by atoms with van der Waals surface area (Å²) in [5.41, 5.74) is -1.37. The van der Waals surface area contributed by atoms with Gasteiger partial charge in [-0.25, -0.2) is 9.37 Å². The molecule has 0 fully saturated rings. The van der Waals surface area contributed by atoms with Crippen molar-refractivity contribution >= 4 is 11.6 Å². The Morgan fingerprint density at radius 2 is 2.08 bits per heavy atom. The van der Waals surface area contributed by atoms with Crippen LogP contribution in [0.5, 0.6) is 5.88 Å². The SMILES string of the molecule is CC1CN(C(=O)c2ccc(F)c(C(F)(F)F)c2)c2cccnc2O1. The summed E-state index contributed by atoms with van der Waals surface area (Å²) in [5, 5.41) is 0. The average molecular weight is 340 g/mol. The first-order chi connectivity index (χ1) is 11.3. The number of hydrogen-bond donors (Lipinski definition) is 0. The predicted molar refractivity (Wildman–Crippen MR) is 77.4 cm³/mol. The lowest BCUT2D eigenvalue weighted by molar-refractivity contribution is -0.140. The fourth-order valence-electron chi connectivity index (χ4n) is 2.49. The maximum atomic E-state index is 13.4. The van der Waals surface area contributed by atoms with E-state index < -0.39 is 23.5 Å². The Morgan fingerprint density at radius 3 is 2.79 bits per heavy atom. The summed E-state index contributed by atoms with van der Waals surface area (Å²) < 4.78 is 57.4. The molecule has 4 nitrogen and oxygen atoms in total. The maximum absolute atomic E-state index is 13.4. The monoisotopic (exact) mass is 340 g/mol. The largest absolute Gasteiger partial charge is 0.471 e. The molecule has 0 radical (unpaired) electrons. The predicted octanol–water partition coefficient (Wildman–Crippen LogP) is 3.67. The van der Waals surface area contributed by atoms with Gasteiger partial charge < -0.3 is 4.74 Å². The molecule has 1 aliphatic rings. The minimum atomic E-state index is -4.88. The highest BCUT2D eigenvalue weighted by atomic mass is 19.4. The molecule has 2 aromatic rings. The molecule has 1 amide bonds. The van der Waals surface area contributed by atoms with Crippen LogP contribution in [0.15, 0.2) is 36.5 Å². The van der Waals surface area contributed by atoms with E-state index in [0.717, 1.165) is 6.07 Å². The van der Waals surface area contributed by atoms with E-state index in [2.05, 4.69) is 4.98 Å². The van der Waals surface area contributed by atoms with E-state index in [1.165, 1.54) is 11.1 Å². The summed E-state index contributed by atoms with van der Waals surface area (Å²) >= 11 is 0. The van der Waals surface area contributed by atoms with Crippen molar-refractivity contribution in [2.24, 2.45) is 0 Å². The van der Waals surface area contributed by atoms with E-state index in [-0.39, 0.29) is 24.1 Å². The van der Waals surface area contributed by atoms with Crippen LogP contribution < -0.4 is 9.64 Å². The molecule has 1 aromatic carbocycles. The van der Waals surface area contributed by atoms with Crippen LogP contribution in [0.4, 0.5) is 23.2 Å². The molecule has 0 aliphatic carbocycles. The molecule has 1 aromatic heterocycles. The number of benzene rings is 1. The number of hydrogen-bond acceptors (Lipinski definition) is 3. The van der Waals surface area contributed by atoms with E-state index in [4.69, 9.17) is 4.74 Å². The van der Waals surface area contributed by atoms with Crippen LogP contribution in [-0.4, -0.2) is 23.5 Å². The van der Waals surface area contributed by atoms with E-state index >= 15 is 0 Å². The third-order valence-corrected chi connectivity index (χ3v) is 3.56. The molecule has 2 heterocycles. The number of rotatable bonds is 1. The van der Waals surface area contributed by atoms with Crippen LogP contribution in [0, 0.1) is 5.82 Å². The molecule has 1 atom stereocenters. The second kappa shape index (κ2) is 5.77. The minimum Gasteiger partial charge on any atom is -0.471 e. The van der Waals surface area contributed by atoms with Crippen LogP contribution in [-0.2, 0) is 6.18 Å². The van der Waals surface area contributed by atoms with Crippen molar-refractivity contribution in [1.29, 1.82) is 0 Å². The Labute approximate surface area is 134 Å². The van der Waals surface area contributed by atoms with Gasteiger partial charge in [-0.15, -0.1) is 0 Å². The molecule has 0 saturated heterocycles. The van der Waals surface area contributed by atoms with E-state index in [0.29, 0.717) is 17.8 Å². The first kappa shape index (κ1) is 16.2. The Bertz CT molecular complexity index is 792. The average Bonchev–Trinajstić information content (AvgIpc) is 2.52. The van der Waals surface area contributed by atoms with E-state index in [1.54, 1.807) is 19.1 Å². The van der Waals surface area contributed by atoms with Gasteiger partial charge in [-0.3, -0.25) is 9.69 Å². The summed E-state index contributed by atoms with van der Waals surface area (Å²) in [5.74, 6) is -1.87. The van der Waals surface area contributed by atoms with Crippen LogP contribution in [0.2, 0.25) is 0 Å². The van der Waals surface area contributed by atoms with Gasteiger partial charge in [0.05, 0.1) is 12.1 Å². The fourth-order valence-corrected chi connectivity index (χ4v) is 2.49. The van der Waals surface area contributed by atoms with Gasteiger partial charge in [-0.1, -0.05) is 0 Å². The van der Waals surface area contributed by atoms with Gasteiger partial charge in [0.25, 0.3) is 5.91 Å². The molecule has 0 saturated carbocycles. The first-order valence-corrected chi connectivity index (χ1v) is 7.07. The normalized spacial score (nSPS) is 17.2. The maximum Gasteiger partial charge on any atom is 0.419 e. The Hall–Kier alpha value is -2.64. The second-order valence-corrected chi connectivity index (χ2v) is 5.36. The van der Waals surface area contributed by atoms with Gasteiger partial charge in [0.1, 0.15) is 17.6 Å². The highest BCUT2D eigenvalue weighted by molar-refractivity contribution is 6.07. The lowest BCUT2D eigenvalue weighted by atomic mass is 10.1. The molecule has 8 heteroatoms. The Morgan fingerprint density at radius 1 is 1.33 bits per heavy atom. The molecule has 126 valence electrons. The van der Waals surface area contributed by atoms with Gasteiger partial charge in [-0.2, -0.15) is 13.2 Å².